The number of hydrogen-bond acceptors (Lipinski definition) is 6. The average Bonchev–Trinajstić information content (AvgIpc) is 2.74. The lowest BCUT2D eigenvalue weighted by atomic mass is 10.1. The van der Waals surface area contributed by atoms with Gasteiger partial charge >= 0.3 is 5.97 Å². The van der Waals surface area contributed by atoms with E-state index in [0.717, 1.165) is 0 Å². The SMILES string of the molecule is COC(=O)C1=CC=CN(C2CC(CO)C(O)C2O)C1. The first kappa shape index (κ1) is 14.0. The van der Waals surface area contributed by atoms with E-state index in [4.69, 9.17) is 5.11 Å². The Labute approximate surface area is 111 Å². The minimum Gasteiger partial charge on any atom is -0.466 e. The minimum absolute atomic E-state index is 0.161. The highest BCUT2D eigenvalue weighted by Gasteiger charge is 2.43. The average molecular weight is 269 g/mol. The first-order valence-electron chi connectivity index (χ1n) is 6.27. The molecule has 4 unspecified atom stereocenters. The number of methoxy groups -OCH3 is 1. The van der Waals surface area contributed by atoms with Crippen molar-refractivity contribution < 1.29 is 24.9 Å². The number of hydrogen-bond donors (Lipinski definition) is 3. The van der Waals surface area contributed by atoms with Crippen molar-refractivity contribution >= 4 is 5.97 Å². The number of ether oxygens (including phenoxy) is 1. The van der Waals surface area contributed by atoms with E-state index >= 15 is 0 Å². The smallest absolute Gasteiger partial charge is 0.335 e. The van der Waals surface area contributed by atoms with Gasteiger partial charge in [-0.05, 0) is 24.8 Å². The molecule has 19 heavy (non-hydrogen) atoms. The highest BCUT2D eigenvalue weighted by Crippen LogP contribution is 2.31. The van der Waals surface area contributed by atoms with E-state index in [-0.39, 0.29) is 18.6 Å². The summed E-state index contributed by atoms with van der Waals surface area (Å²) in [4.78, 5) is 13.3. The highest BCUT2D eigenvalue weighted by molar-refractivity contribution is 5.89. The van der Waals surface area contributed by atoms with Crippen LogP contribution in [0.2, 0.25) is 0 Å². The summed E-state index contributed by atoms with van der Waals surface area (Å²) < 4.78 is 4.67. The lowest BCUT2D eigenvalue weighted by Crippen LogP contribution is -2.42. The fourth-order valence-corrected chi connectivity index (χ4v) is 2.67. The van der Waals surface area contributed by atoms with Gasteiger partial charge in [-0.25, -0.2) is 4.79 Å². The van der Waals surface area contributed by atoms with E-state index in [9.17, 15) is 15.0 Å². The number of carbonyl (C=O) groups is 1. The van der Waals surface area contributed by atoms with E-state index in [1.54, 1.807) is 23.3 Å². The summed E-state index contributed by atoms with van der Waals surface area (Å²) in [5.74, 6) is -0.734. The Balaban J connectivity index is 2.07. The third kappa shape index (κ3) is 2.65. The molecule has 0 amide bonds. The molecule has 2 rings (SSSR count). The summed E-state index contributed by atoms with van der Waals surface area (Å²) in [5.41, 5.74) is 0.499. The van der Waals surface area contributed by atoms with Crippen molar-refractivity contribution in [1.29, 1.82) is 0 Å². The number of aliphatic hydroxyl groups excluding tert-OH is 3. The molecule has 1 fully saturated rings. The van der Waals surface area contributed by atoms with E-state index in [1.165, 1.54) is 7.11 Å². The lowest BCUT2D eigenvalue weighted by molar-refractivity contribution is -0.136. The third-order valence-corrected chi connectivity index (χ3v) is 3.81. The molecular weight excluding hydrogens is 250 g/mol. The fraction of sp³-hybridized carbons (Fsp3) is 0.615. The van der Waals surface area contributed by atoms with Gasteiger partial charge < -0.3 is 25.0 Å². The molecule has 1 heterocycles. The quantitative estimate of drug-likeness (QED) is 0.570. The van der Waals surface area contributed by atoms with Gasteiger partial charge in [-0.1, -0.05) is 0 Å². The van der Waals surface area contributed by atoms with Crippen LogP contribution in [-0.2, 0) is 9.53 Å². The number of esters is 1. The molecule has 0 bridgehead atoms. The van der Waals surface area contributed by atoms with Crippen LogP contribution >= 0.6 is 0 Å². The second-order valence-corrected chi connectivity index (χ2v) is 4.92. The second-order valence-electron chi connectivity index (χ2n) is 4.92. The summed E-state index contributed by atoms with van der Waals surface area (Å²) >= 11 is 0. The highest BCUT2D eigenvalue weighted by atomic mass is 16.5. The van der Waals surface area contributed by atoms with Gasteiger partial charge in [-0.15, -0.1) is 0 Å². The van der Waals surface area contributed by atoms with Crippen LogP contribution in [0.25, 0.3) is 0 Å². The molecule has 3 N–H and O–H groups in total. The van der Waals surface area contributed by atoms with Gasteiger partial charge in [0.05, 0.1) is 24.8 Å². The van der Waals surface area contributed by atoms with Crippen LogP contribution in [0.15, 0.2) is 23.9 Å². The molecule has 2 aliphatic rings. The third-order valence-electron chi connectivity index (χ3n) is 3.81. The zero-order chi connectivity index (χ0) is 14.0. The van der Waals surface area contributed by atoms with Gasteiger partial charge in [-0.3, -0.25) is 0 Å². The van der Waals surface area contributed by atoms with Gasteiger partial charge in [0.25, 0.3) is 0 Å². The monoisotopic (exact) mass is 269 g/mol. The van der Waals surface area contributed by atoms with E-state index in [1.807, 2.05) is 0 Å². The molecule has 106 valence electrons. The standard InChI is InChI=1S/C13H19NO5/c1-19-13(18)8-3-2-4-14(6-8)10-5-9(7-15)11(16)12(10)17/h2-4,9-12,15-17H,5-7H2,1H3. The van der Waals surface area contributed by atoms with Gasteiger partial charge in [-0.2, -0.15) is 0 Å². The van der Waals surface area contributed by atoms with E-state index in [2.05, 4.69) is 4.74 Å². The fourth-order valence-electron chi connectivity index (χ4n) is 2.67. The number of rotatable bonds is 3. The van der Waals surface area contributed by atoms with Crippen LogP contribution in [-0.4, -0.2) is 64.7 Å². The first-order chi connectivity index (χ1) is 9.08. The molecule has 4 atom stereocenters. The molecule has 0 aromatic heterocycles. The van der Waals surface area contributed by atoms with Crippen molar-refractivity contribution in [2.45, 2.75) is 24.7 Å². The summed E-state index contributed by atoms with van der Waals surface area (Å²) in [5, 5.41) is 29.0. The van der Waals surface area contributed by atoms with Crippen LogP contribution < -0.4 is 0 Å². The van der Waals surface area contributed by atoms with Crippen molar-refractivity contribution in [1.82, 2.24) is 4.90 Å². The van der Waals surface area contributed by atoms with E-state index in [0.29, 0.717) is 18.5 Å². The molecule has 0 aromatic rings. The maximum absolute atomic E-state index is 11.5. The maximum atomic E-state index is 11.5. The predicted molar refractivity (Wildman–Crippen MR) is 66.9 cm³/mol. The van der Waals surface area contributed by atoms with Crippen molar-refractivity contribution in [3.8, 4) is 0 Å². The number of aliphatic hydroxyl groups is 3. The number of nitrogens with zero attached hydrogens (tertiary/aromatic N) is 1. The van der Waals surface area contributed by atoms with Crippen LogP contribution in [0.1, 0.15) is 6.42 Å². The normalized spacial score (nSPS) is 34.3. The molecule has 1 aliphatic carbocycles. The Morgan fingerprint density at radius 3 is 2.79 bits per heavy atom. The number of carbonyl (C=O) groups excluding carboxylic acids is 1. The van der Waals surface area contributed by atoms with Crippen LogP contribution in [0.4, 0.5) is 0 Å². The van der Waals surface area contributed by atoms with E-state index < -0.39 is 18.2 Å². The Morgan fingerprint density at radius 2 is 2.21 bits per heavy atom. The Morgan fingerprint density at radius 1 is 1.47 bits per heavy atom. The van der Waals surface area contributed by atoms with Crippen molar-refractivity contribution in [3.63, 3.8) is 0 Å². The minimum atomic E-state index is -0.934. The summed E-state index contributed by atoms with van der Waals surface area (Å²) in [6, 6.07) is -0.309. The van der Waals surface area contributed by atoms with Crippen molar-refractivity contribution in [2.75, 3.05) is 20.3 Å². The van der Waals surface area contributed by atoms with Gasteiger partial charge in [0.2, 0.25) is 0 Å². The van der Waals surface area contributed by atoms with Crippen molar-refractivity contribution in [3.05, 3.63) is 23.9 Å². The zero-order valence-corrected chi connectivity index (χ0v) is 10.8. The second kappa shape index (κ2) is 5.73. The molecule has 1 aliphatic heterocycles. The topological polar surface area (TPSA) is 90.2 Å². The zero-order valence-electron chi connectivity index (χ0n) is 10.8. The molecule has 0 aromatic carbocycles. The maximum Gasteiger partial charge on any atom is 0.335 e. The van der Waals surface area contributed by atoms with Crippen LogP contribution in [0.3, 0.4) is 0 Å². The van der Waals surface area contributed by atoms with Crippen LogP contribution in [0.5, 0.6) is 0 Å². The Bertz CT molecular complexity index is 406. The largest absolute Gasteiger partial charge is 0.466 e. The summed E-state index contributed by atoms with van der Waals surface area (Å²) in [6.45, 7) is 0.168. The Kier molecular flexibility index (Phi) is 4.24. The van der Waals surface area contributed by atoms with Gasteiger partial charge in [0.15, 0.2) is 0 Å². The molecule has 6 heteroatoms. The summed E-state index contributed by atoms with van der Waals surface area (Å²) in [7, 11) is 1.32. The van der Waals surface area contributed by atoms with Crippen molar-refractivity contribution in [2.24, 2.45) is 5.92 Å². The molecule has 1 saturated carbocycles. The van der Waals surface area contributed by atoms with Gasteiger partial charge in [0.1, 0.15) is 6.10 Å². The van der Waals surface area contributed by atoms with Crippen LogP contribution in [0, 0.1) is 5.92 Å². The Hall–Kier alpha value is -1.37. The predicted octanol–water partition coefficient (Wildman–Crippen LogP) is -0.982. The first-order valence-corrected chi connectivity index (χ1v) is 6.27. The number of allylic oxidation sites excluding steroid dienone is 2. The molecule has 0 saturated heterocycles. The molecule has 0 radical (unpaired) electrons. The lowest BCUT2D eigenvalue weighted by Gasteiger charge is -2.32. The molecular formula is C13H19NO5. The summed E-state index contributed by atoms with van der Waals surface area (Å²) in [6.07, 6.45) is 3.77. The molecule has 0 spiro atoms. The van der Waals surface area contributed by atoms with Gasteiger partial charge in [0, 0.05) is 19.1 Å². The molecule has 6 nitrogen and oxygen atoms in total.